The zero-order valence-electron chi connectivity index (χ0n) is 15.8. The fourth-order valence-corrected chi connectivity index (χ4v) is 1.98. The molecule has 6 nitrogen and oxygen atoms in total. The van der Waals surface area contributed by atoms with Crippen molar-refractivity contribution in [2.75, 3.05) is 65.5 Å². The summed E-state index contributed by atoms with van der Waals surface area (Å²) < 4.78 is 16.0. The number of ether oxygens (including phenoxy) is 3. The van der Waals surface area contributed by atoms with E-state index in [2.05, 4.69) is 17.1 Å². The summed E-state index contributed by atoms with van der Waals surface area (Å²) in [4.78, 5) is 14.0. The molecule has 0 aromatic heterocycles. The summed E-state index contributed by atoms with van der Waals surface area (Å²) in [5.74, 6) is -0.328. The molecular formula is C19H32N2O4. The molecule has 1 N–H and O–H groups in total. The lowest BCUT2D eigenvalue weighted by molar-refractivity contribution is 0.0130. The lowest BCUT2D eigenvalue weighted by Gasteiger charge is -2.10. The SMILES string of the molecule is CCCCNc1ccc(C(=O)OCCOCCOCCN(C)C)cc1. The normalized spacial score (nSPS) is 10.9. The Morgan fingerprint density at radius 3 is 2.28 bits per heavy atom. The number of esters is 1. The van der Waals surface area contributed by atoms with Crippen LogP contribution in [0.1, 0.15) is 30.1 Å². The monoisotopic (exact) mass is 352 g/mol. The Bertz CT molecular complexity index is 463. The van der Waals surface area contributed by atoms with Crippen LogP contribution in [0.5, 0.6) is 0 Å². The molecule has 0 aliphatic rings. The molecule has 0 aliphatic carbocycles. The van der Waals surface area contributed by atoms with Crippen LogP contribution >= 0.6 is 0 Å². The second-order valence-electron chi connectivity index (χ2n) is 6.02. The Morgan fingerprint density at radius 2 is 1.64 bits per heavy atom. The smallest absolute Gasteiger partial charge is 0.338 e. The van der Waals surface area contributed by atoms with Gasteiger partial charge in [0.25, 0.3) is 0 Å². The molecule has 0 aliphatic heterocycles. The van der Waals surface area contributed by atoms with Crippen molar-refractivity contribution in [3.8, 4) is 0 Å². The van der Waals surface area contributed by atoms with Gasteiger partial charge < -0.3 is 24.4 Å². The lowest BCUT2D eigenvalue weighted by atomic mass is 10.2. The molecule has 25 heavy (non-hydrogen) atoms. The van der Waals surface area contributed by atoms with Gasteiger partial charge >= 0.3 is 5.97 Å². The quantitative estimate of drug-likeness (QED) is 0.410. The zero-order chi connectivity index (χ0) is 18.3. The van der Waals surface area contributed by atoms with Gasteiger partial charge in [-0.3, -0.25) is 0 Å². The summed E-state index contributed by atoms with van der Waals surface area (Å²) in [6.07, 6.45) is 2.28. The minimum Gasteiger partial charge on any atom is -0.460 e. The van der Waals surface area contributed by atoms with E-state index in [0.717, 1.165) is 31.6 Å². The summed E-state index contributed by atoms with van der Waals surface area (Å²) in [5, 5.41) is 3.31. The average Bonchev–Trinajstić information content (AvgIpc) is 2.60. The Kier molecular flexibility index (Phi) is 11.7. The Labute approximate surface area is 151 Å². The van der Waals surface area contributed by atoms with Gasteiger partial charge in [-0.25, -0.2) is 4.79 Å². The van der Waals surface area contributed by atoms with Crippen molar-refractivity contribution in [3.05, 3.63) is 29.8 Å². The number of likely N-dealkylation sites (N-methyl/N-ethyl adjacent to an activating group) is 1. The van der Waals surface area contributed by atoms with E-state index in [-0.39, 0.29) is 12.6 Å². The van der Waals surface area contributed by atoms with Gasteiger partial charge in [0.2, 0.25) is 0 Å². The van der Waals surface area contributed by atoms with Crippen LogP contribution in [0.15, 0.2) is 24.3 Å². The number of hydrogen-bond donors (Lipinski definition) is 1. The average molecular weight is 352 g/mol. The van der Waals surface area contributed by atoms with Gasteiger partial charge in [-0.05, 0) is 44.8 Å². The highest BCUT2D eigenvalue weighted by Crippen LogP contribution is 2.10. The van der Waals surface area contributed by atoms with Gasteiger partial charge in [0.1, 0.15) is 6.61 Å². The molecule has 0 fully saturated rings. The summed E-state index contributed by atoms with van der Waals surface area (Å²) in [7, 11) is 4.01. The van der Waals surface area contributed by atoms with Crippen LogP contribution in [0.2, 0.25) is 0 Å². The topological polar surface area (TPSA) is 60.0 Å². The number of unbranched alkanes of at least 4 members (excludes halogenated alkanes) is 1. The number of anilines is 1. The zero-order valence-corrected chi connectivity index (χ0v) is 15.8. The van der Waals surface area contributed by atoms with Crippen LogP contribution in [0.25, 0.3) is 0 Å². The van der Waals surface area contributed by atoms with Crippen LogP contribution in [0.3, 0.4) is 0 Å². The first-order valence-corrected chi connectivity index (χ1v) is 8.94. The first-order chi connectivity index (χ1) is 12.1. The summed E-state index contributed by atoms with van der Waals surface area (Å²) in [5.41, 5.74) is 1.57. The molecular weight excluding hydrogens is 320 g/mol. The van der Waals surface area contributed by atoms with Gasteiger partial charge in [-0.2, -0.15) is 0 Å². The van der Waals surface area contributed by atoms with E-state index in [1.807, 2.05) is 26.2 Å². The van der Waals surface area contributed by atoms with Crippen molar-refractivity contribution in [1.82, 2.24) is 4.90 Å². The molecule has 6 heteroatoms. The highest BCUT2D eigenvalue weighted by Gasteiger charge is 2.06. The number of rotatable bonds is 14. The number of nitrogens with one attached hydrogen (secondary N) is 1. The predicted octanol–water partition coefficient (Wildman–Crippen LogP) is 2.65. The Morgan fingerprint density at radius 1 is 1.00 bits per heavy atom. The maximum atomic E-state index is 11.9. The Balaban J connectivity index is 2.08. The van der Waals surface area contributed by atoms with E-state index in [9.17, 15) is 4.79 Å². The van der Waals surface area contributed by atoms with Crippen molar-refractivity contribution in [2.24, 2.45) is 0 Å². The number of hydrogen-bond acceptors (Lipinski definition) is 6. The number of carbonyl (C=O) groups is 1. The molecule has 0 atom stereocenters. The molecule has 0 saturated heterocycles. The van der Waals surface area contributed by atoms with Crippen molar-refractivity contribution in [3.63, 3.8) is 0 Å². The van der Waals surface area contributed by atoms with Crippen LogP contribution in [-0.4, -0.2) is 71.1 Å². The summed E-state index contributed by atoms with van der Waals surface area (Å²) in [6, 6.07) is 7.34. The number of nitrogens with zero attached hydrogens (tertiary/aromatic N) is 1. The second kappa shape index (κ2) is 13.6. The third-order valence-corrected chi connectivity index (χ3v) is 3.50. The van der Waals surface area contributed by atoms with E-state index in [4.69, 9.17) is 14.2 Å². The molecule has 0 unspecified atom stereocenters. The second-order valence-corrected chi connectivity index (χ2v) is 6.02. The van der Waals surface area contributed by atoms with Crippen molar-refractivity contribution < 1.29 is 19.0 Å². The van der Waals surface area contributed by atoms with E-state index in [1.165, 1.54) is 0 Å². The molecule has 0 saturated carbocycles. The standard InChI is InChI=1S/C19H32N2O4/c1-4-5-10-20-18-8-6-17(7-9-18)19(22)25-16-15-24-14-13-23-12-11-21(2)3/h6-9,20H,4-5,10-16H2,1-3H3. The third kappa shape index (κ3) is 10.8. The van der Waals surface area contributed by atoms with Gasteiger partial charge in [-0.1, -0.05) is 13.3 Å². The summed E-state index contributed by atoms with van der Waals surface area (Å²) in [6.45, 7) is 6.35. The largest absolute Gasteiger partial charge is 0.460 e. The maximum absolute atomic E-state index is 11.9. The van der Waals surface area contributed by atoms with Crippen LogP contribution in [-0.2, 0) is 14.2 Å². The van der Waals surface area contributed by atoms with E-state index in [1.54, 1.807) is 12.1 Å². The molecule has 1 rings (SSSR count). The van der Waals surface area contributed by atoms with E-state index >= 15 is 0 Å². The number of benzene rings is 1. The first kappa shape index (κ1) is 21.4. The molecule has 142 valence electrons. The molecule has 0 heterocycles. The van der Waals surface area contributed by atoms with Crippen molar-refractivity contribution in [2.45, 2.75) is 19.8 Å². The van der Waals surface area contributed by atoms with Gasteiger partial charge in [0.15, 0.2) is 0 Å². The maximum Gasteiger partial charge on any atom is 0.338 e. The number of carbonyl (C=O) groups excluding carboxylic acids is 1. The highest BCUT2D eigenvalue weighted by atomic mass is 16.6. The fourth-order valence-electron chi connectivity index (χ4n) is 1.98. The van der Waals surface area contributed by atoms with Crippen LogP contribution < -0.4 is 5.32 Å². The molecule has 0 amide bonds. The van der Waals surface area contributed by atoms with Crippen molar-refractivity contribution in [1.29, 1.82) is 0 Å². The van der Waals surface area contributed by atoms with Gasteiger partial charge in [-0.15, -0.1) is 0 Å². The van der Waals surface area contributed by atoms with E-state index in [0.29, 0.717) is 32.0 Å². The molecule has 0 bridgehead atoms. The lowest BCUT2D eigenvalue weighted by Crippen LogP contribution is -2.19. The Hall–Kier alpha value is -1.63. The third-order valence-electron chi connectivity index (χ3n) is 3.50. The van der Waals surface area contributed by atoms with Crippen LogP contribution in [0.4, 0.5) is 5.69 Å². The molecule has 0 spiro atoms. The van der Waals surface area contributed by atoms with E-state index < -0.39 is 0 Å². The van der Waals surface area contributed by atoms with Gasteiger partial charge in [0, 0.05) is 18.8 Å². The molecule has 0 radical (unpaired) electrons. The minimum atomic E-state index is -0.328. The fraction of sp³-hybridized carbons (Fsp3) is 0.632. The predicted molar refractivity (Wildman–Crippen MR) is 100 cm³/mol. The minimum absolute atomic E-state index is 0.243. The van der Waals surface area contributed by atoms with Crippen LogP contribution in [0, 0.1) is 0 Å². The first-order valence-electron chi connectivity index (χ1n) is 8.94. The van der Waals surface area contributed by atoms with Gasteiger partial charge in [0.05, 0.1) is 32.0 Å². The molecule has 1 aromatic carbocycles. The molecule has 1 aromatic rings. The summed E-state index contributed by atoms with van der Waals surface area (Å²) >= 11 is 0. The highest BCUT2D eigenvalue weighted by molar-refractivity contribution is 5.89. The van der Waals surface area contributed by atoms with Crippen molar-refractivity contribution >= 4 is 11.7 Å².